The van der Waals surface area contributed by atoms with Gasteiger partial charge in [0.1, 0.15) is 0 Å². The molecule has 0 saturated carbocycles. The second kappa shape index (κ2) is 6.66. The zero-order chi connectivity index (χ0) is 11.3. The summed E-state index contributed by atoms with van der Waals surface area (Å²) in [6.45, 7) is 9.03. The van der Waals surface area contributed by atoms with E-state index >= 15 is 0 Å². The molecule has 3 heteroatoms. The van der Waals surface area contributed by atoms with Crippen LogP contribution in [0.3, 0.4) is 0 Å². The van der Waals surface area contributed by atoms with Gasteiger partial charge < -0.3 is 5.32 Å². The second-order valence-electron chi connectivity index (χ2n) is 4.55. The summed E-state index contributed by atoms with van der Waals surface area (Å²) < 4.78 is 1.27. The fourth-order valence-corrected chi connectivity index (χ4v) is 3.16. The standard InChI is InChI=1S/C12H20BrNS/c1-9(2)7-14-8-10(3)6-12-11(13)4-5-15-12/h4-5,9-10,14H,6-8H2,1-3H3. The van der Waals surface area contributed by atoms with Crippen molar-refractivity contribution in [3.63, 3.8) is 0 Å². The van der Waals surface area contributed by atoms with Gasteiger partial charge in [0.2, 0.25) is 0 Å². The van der Waals surface area contributed by atoms with Gasteiger partial charge in [0.05, 0.1) is 0 Å². The van der Waals surface area contributed by atoms with E-state index in [9.17, 15) is 0 Å². The normalized spacial score (nSPS) is 13.4. The van der Waals surface area contributed by atoms with Crippen LogP contribution in [-0.2, 0) is 6.42 Å². The molecule has 1 aromatic rings. The van der Waals surface area contributed by atoms with Crippen molar-refractivity contribution in [3.05, 3.63) is 20.8 Å². The van der Waals surface area contributed by atoms with Crippen LogP contribution in [0.1, 0.15) is 25.6 Å². The summed E-state index contributed by atoms with van der Waals surface area (Å²) in [5, 5.41) is 5.65. The topological polar surface area (TPSA) is 12.0 Å². The summed E-state index contributed by atoms with van der Waals surface area (Å²) in [4.78, 5) is 1.47. The molecule has 86 valence electrons. The lowest BCUT2D eigenvalue weighted by Crippen LogP contribution is -2.26. The number of rotatable bonds is 6. The average molecular weight is 290 g/mol. The average Bonchev–Trinajstić information content (AvgIpc) is 2.51. The van der Waals surface area contributed by atoms with Crippen LogP contribution in [0.5, 0.6) is 0 Å². The molecule has 0 radical (unpaired) electrons. The number of nitrogens with one attached hydrogen (secondary N) is 1. The number of halogens is 1. The highest BCUT2D eigenvalue weighted by Crippen LogP contribution is 2.25. The molecule has 0 spiro atoms. The minimum Gasteiger partial charge on any atom is -0.316 e. The predicted molar refractivity (Wildman–Crippen MR) is 72.6 cm³/mol. The molecule has 0 aromatic carbocycles. The van der Waals surface area contributed by atoms with Gasteiger partial charge in [0.25, 0.3) is 0 Å². The molecule has 1 unspecified atom stereocenters. The minimum absolute atomic E-state index is 0.707. The lowest BCUT2D eigenvalue weighted by Gasteiger charge is -2.13. The van der Waals surface area contributed by atoms with Crippen LogP contribution in [0, 0.1) is 11.8 Å². The van der Waals surface area contributed by atoms with Crippen LogP contribution in [0.2, 0.25) is 0 Å². The summed E-state index contributed by atoms with van der Waals surface area (Å²) >= 11 is 5.42. The summed E-state index contributed by atoms with van der Waals surface area (Å²) in [6.07, 6.45) is 1.17. The smallest absolute Gasteiger partial charge is 0.0314 e. The van der Waals surface area contributed by atoms with Crippen LogP contribution >= 0.6 is 27.3 Å². The Kier molecular flexibility index (Phi) is 5.87. The molecule has 1 N–H and O–H groups in total. The van der Waals surface area contributed by atoms with Crippen molar-refractivity contribution in [2.75, 3.05) is 13.1 Å². The van der Waals surface area contributed by atoms with Gasteiger partial charge in [0.15, 0.2) is 0 Å². The van der Waals surface area contributed by atoms with Crippen LogP contribution in [0.4, 0.5) is 0 Å². The zero-order valence-corrected chi connectivity index (χ0v) is 12.1. The van der Waals surface area contributed by atoms with Gasteiger partial charge in [-0.2, -0.15) is 0 Å². The first-order valence-corrected chi connectivity index (χ1v) is 7.19. The quantitative estimate of drug-likeness (QED) is 0.837. The molecule has 0 amide bonds. The molecule has 1 aromatic heterocycles. The molecular formula is C12H20BrNS. The third kappa shape index (κ3) is 5.14. The van der Waals surface area contributed by atoms with Crippen molar-refractivity contribution < 1.29 is 0 Å². The Balaban J connectivity index is 2.24. The first-order chi connectivity index (χ1) is 7.09. The third-order valence-electron chi connectivity index (χ3n) is 2.27. The molecule has 1 rings (SSSR count). The maximum Gasteiger partial charge on any atom is 0.0314 e. The molecular weight excluding hydrogens is 270 g/mol. The van der Waals surface area contributed by atoms with Crippen molar-refractivity contribution in [3.8, 4) is 0 Å². The van der Waals surface area contributed by atoms with Crippen LogP contribution in [0.15, 0.2) is 15.9 Å². The lowest BCUT2D eigenvalue weighted by atomic mass is 10.1. The zero-order valence-electron chi connectivity index (χ0n) is 9.72. The summed E-state index contributed by atoms with van der Waals surface area (Å²) in [5.74, 6) is 1.45. The van der Waals surface area contributed by atoms with Crippen molar-refractivity contribution in [2.45, 2.75) is 27.2 Å². The van der Waals surface area contributed by atoms with Crippen molar-refractivity contribution in [1.82, 2.24) is 5.32 Å². The highest BCUT2D eigenvalue weighted by atomic mass is 79.9. The summed E-state index contributed by atoms with van der Waals surface area (Å²) in [6, 6.07) is 2.13. The maximum atomic E-state index is 3.58. The van der Waals surface area contributed by atoms with E-state index in [1.165, 1.54) is 15.8 Å². The Hall–Kier alpha value is 0.140. The van der Waals surface area contributed by atoms with Gasteiger partial charge in [-0.1, -0.05) is 20.8 Å². The van der Waals surface area contributed by atoms with Gasteiger partial charge in [-0.25, -0.2) is 0 Å². The van der Waals surface area contributed by atoms with E-state index in [0.29, 0.717) is 5.92 Å². The summed E-state index contributed by atoms with van der Waals surface area (Å²) in [5.41, 5.74) is 0. The Bertz CT molecular complexity index is 283. The number of hydrogen-bond donors (Lipinski definition) is 1. The van der Waals surface area contributed by atoms with Gasteiger partial charge in [-0.3, -0.25) is 0 Å². The van der Waals surface area contributed by atoms with Gasteiger partial charge in [0, 0.05) is 9.35 Å². The molecule has 0 aliphatic rings. The highest BCUT2D eigenvalue weighted by Gasteiger charge is 2.07. The predicted octanol–water partition coefficient (Wildman–Crippen LogP) is 3.93. The first kappa shape index (κ1) is 13.2. The van der Waals surface area contributed by atoms with E-state index in [4.69, 9.17) is 0 Å². The largest absolute Gasteiger partial charge is 0.316 e. The maximum absolute atomic E-state index is 3.58. The van der Waals surface area contributed by atoms with E-state index in [-0.39, 0.29) is 0 Å². The van der Waals surface area contributed by atoms with E-state index in [0.717, 1.165) is 19.0 Å². The molecule has 0 aliphatic heterocycles. The molecule has 0 fully saturated rings. The van der Waals surface area contributed by atoms with E-state index in [1.807, 2.05) is 11.3 Å². The third-order valence-corrected chi connectivity index (χ3v) is 4.22. The second-order valence-corrected chi connectivity index (χ2v) is 6.41. The fraction of sp³-hybridized carbons (Fsp3) is 0.667. The molecule has 1 heterocycles. The highest BCUT2D eigenvalue weighted by molar-refractivity contribution is 9.10. The lowest BCUT2D eigenvalue weighted by molar-refractivity contribution is 0.475. The Morgan fingerprint density at radius 2 is 2.07 bits per heavy atom. The van der Waals surface area contributed by atoms with Gasteiger partial charge in [-0.05, 0) is 58.7 Å². The van der Waals surface area contributed by atoms with Crippen molar-refractivity contribution >= 4 is 27.3 Å². The van der Waals surface area contributed by atoms with Gasteiger partial charge in [-0.15, -0.1) is 11.3 Å². The summed E-state index contributed by atoms with van der Waals surface area (Å²) in [7, 11) is 0. The molecule has 0 bridgehead atoms. The van der Waals surface area contributed by atoms with Crippen molar-refractivity contribution in [1.29, 1.82) is 0 Å². The molecule has 0 saturated heterocycles. The number of thiophene rings is 1. The Labute approximate surface area is 105 Å². The van der Waals surface area contributed by atoms with Gasteiger partial charge >= 0.3 is 0 Å². The fourth-order valence-electron chi connectivity index (χ4n) is 1.48. The monoisotopic (exact) mass is 289 g/mol. The number of hydrogen-bond acceptors (Lipinski definition) is 2. The van der Waals surface area contributed by atoms with Crippen LogP contribution in [0.25, 0.3) is 0 Å². The van der Waals surface area contributed by atoms with Crippen molar-refractivity contribution in [2.24, 2.45) is 11.8 Å². The Morgan fingerprint density at radius 3 is 2.60 bits per heavy atom. The molecule has 1 nitrogen and oxygen atoms in total. The minimum atomic E-state index is 0.707. The van der Waals surface area contributed by atoms with Crippen LogP contribution < -0.4 is 5.32 Å². The Morgan fingerprint density at radius 1 is 1.33 bits per heavy atom. The molecule has 1 atom stereocenters. The van der Waals surface area contributed by atoms with E-state index in [2.05, 4.69) is 53.5 Å². The molecule has 0 aliphatic carbocycles. The van der Waals surface area contributed by atoms with E-state index < -0.39 is 0 Å². The molecule has 15 heavy (non-hydrogen) atoms. The van der Waals surface area contributed by atoms with Crippen LogP contribution in [-0.4, -0.2) is 13.1 Å². The first-order valence-electron chi connectivity index (χ1n) is 5.52. The SMILES string of the molecule is CC(C)CNCC(C)Cc1sccc1Br. The van der Waals surface area contributed by atoms with E-state index in [1.54, 1.807) is 0 Å².